The molecule has 53 heavy (non-hydrogen) atoms. The van der Waals surface area contributed by atoms with Gasteiger partial charge in [0, 0.05) is 38.3 Å². The summed E-state index contributed by atoms with van der Waals surface area (Å²) in [5.74, 6) is 0. The Morgan fingerprint density at radius 3 is 1.57 bits per heavy atom. The molecule has 0 spiro atoms. The topological polar surface area (TPSA) is 9.86 Å². The van der Waals surface area contributed by atoms with Gasteiger partial charge in [0.15, 0.2) is 0 Å². The molecule has 250 valence electrons. The van der Waals surface area contributed by atoms with E-state index in [1.807, 2.05) is 0 Å². The molecule has 2 heteroatoms. The van der Waals surface area contributed by atoms with Crippen LogP contribution in [0.4, 0.5) is 0 Å². The van der Waals surface area contributed by atoms with Gasteiger partial charge in [-0.1, -0.05) is 141 Å². The van der Waals surface area contributed by atoms with Crippen LogP contribution in [0.1, 0.15) is 25.0 Å². The number of para-hydroxylation sites is 2. The van der Waals surface area contributed by atoms with Gasteiger partial charge in [-0.15, -0.1) is 0 Å². The first kappa shape index (κ1) is 30.0. The van der Waals surface area contributed by atoms with E-state index in [4.69, 9.17) is 0 Å². The van der Waals surface area contributed by atoms with Crippen LogP contribution in [0.15, 0.2) is 182 Å². The van der Waals surface area contributed by atoms with Crippen molar-refractivity contribution in [2.24, 2.45) is 0 Å². The predicted octanol–water partition coefficient (Wildman–Crippen LogP) is 13.5. The van der Waals surface area contributed by atoms with Gasteiger partial charge in [0.25, 0.3) is 0 Å². The van der Waals surface area contributed by atoms with Crippen molar-refractivity contribution in [2.45, 2.75) is 19.3 Å². The highest BCUT2D eigenvalue weighted by atomic mass is 15.0. The van der Waals surface area contributed by atoms with Crippen LogP contribution in [0.5, 0.6) is 0 Å². The number of hydrogen-bond donors (Lipinski definition) is 0. The Kier molecular flexibility index (Phi) is 6.33. The molecule has 0 amide bonds. The molecule has 2 nitrogen and oxygen atoms in total. The van der Waals surface area contributed by atoms with Crippen molar-refractivity contribution < 1.29 is 0 Å². The number of nitrogens with zero attached hydrogens (tertiary/aromatic N) is 2. The Morgan fingerprint density at radius 1 is 0.321 bits per heavy atom. The summed E-state index contributed by atoms with van der Waals surface area (Å²) >= 11 is 0. The normalized spacial score (nSPS) is 13.2. The third-order valence-electron chi connectivity index (χ3n) is 11.7. The first-order chi connectivity index (χ1) is 26.0. The Hall–Kier alpha value is -6.64. The highest BCUT2D eigenvalue weighted by molar-refractivity contribution is 6.19. The fourth-order valence-corrected chi connectivity index (χ4v) is 9.13. The number of aromatic nitrogens is 2. The summed E-state index contributed by atoms with van der Waals surface area (Å²) in [6.07, 6.45) is 0. The van der Waals surface area contributed by atoms with Gasteiger partial charge in [0.1, 0.15) is 0 Å². The summed E-state index contributed by atoms with van der Waals surface area (Å²) in [6.45, 7) is 4.71. The molecule has 0 radical (unpaired) electrons. The van der Waals surface area contributed by atoms with Crippen molar-refractivity contribution in [2.75, 3.05) is 0 Å². The molecule has 10 aromatic rings. The molecule has 0 saturated heterocycles. The molecule has 0 saturated carbocycles. The standard InChI is InChI=1S/C51H36N2/c1-51(2)45-20-9-6-17-39(45)40-28-25-36(30-46(40)51)35-15-12-16-38(29-35)53-48-22-11-8-19-42(48)44-31-49-43(32-50(44)53)41-18-7-10-21-47(41)52(49)37-26-23-34(24-27-37)33-13-4-3-5-14-33/h3-32H,1-2H3. The lowest BCUT2D eigenvalue weighted by Gasteiger charge is -2.22. The van der Waals surface area contributed by atoms with Crippen molar-refractivity contribution in [3.63, 3.8) is 0 Å². The van der Waals surface area contributed by atoms with Crippen LogP contribution in [-0.4, -0.2) is 9.13 Å². The maximum Gasteiger partial charge on any atom is 0.0548 e. The lowest BCUT2D eigenvalue weighted by Crippen LogP contribution is -2.14. The van der Waals surface area contributed by atoms with Gasteiger partial charge >= 0.3 is 0 Å². The van der Waals surface area contributed by atoms with Crippen molar-refractivity contribution in [3.05, 3.63) is 193 Å². The Morgan fingerprint density at radius 2 is 0.849 bits per heavy atom. The largest absolute Gasteiger partial charge is 0.309 e. The second-order valence-electron chi connectivity index (χ2n) is 15.0. The van der Waals surface area contributed by atoms with E-state index in [2.05, 4.69) is 205 Å². The molecule has 0 unspecified atom stereocenters. The Balaban J connectivity index is 1.09. The maximum atomic E-state index is 2.46. The van der Waals surface area contributed by atoms with Crippen LogP contribution in [0, 0.1) is 0 Å². The van der Waals surface area contributed by atoms with Crippen LogP contribution < -0.4 is 0 Å². The number of fused-ring (bicyclic) bond motifs is 9. The number of benzene rings is 8. The van der Waals surface area contributed by atoms with Gasteiger partial charge < -0.3 is 9.13 Å². The smallest absolute Gasteiger partial charge is 0.0548 e. The van der Waals surface area contributed by atoms with Crippen molar-refractivity contribution in [3.8, 4) is 44.8 Å². The fourth-order valence-electron chi connectivity index (χ4n) is 9.13. The lowest BCUT2D eigenvalue weighted by molar-refractivity contribution is 0.660. The lowest BCUT2D eigenvalue weighted by atomic mass is 9.81. The van der Waals surface area contributed by atoms with E-state index in [0.29, 0.717) is 0 Å². The Labute approximate surface area is 308 Å². The summed E-state index contributed by atoms with van der Waals surface area (Å²) in [4.78, 5) is 0. The zero-order valence-corrected chi connectivity index (χ0v) is 29.7. The van der Waals surface area contributed by atoms with Crippen LogP contribution in [0.2, 0.25) is 0 Å². The quantitative estimate of drug-likeness (QED) is 0.176. The zero-order valence-electron chi connectivity index (χ0n) is 29.7. The van der Waals surface area contributed by atoms with E-state index in [0.717, 1.165) is 11.4 Å². The number of hydrogen-bond acceptors (Lipinski definition) is 0. The van der Waals surface area contributed by atoms with Gasteiger partial charge in [-0.25, -0.2) is 0 Å². The van der Waals surface area contributed by atoms with Crippen LogP contribution in [0.25, 0.3) is 88.4 Å². The second-order valence-corrected chi connectivity index (χ2v) is 15.0. The van der Waals surface area contributed by atoms with E-state index in [1.165, 1.54) is 88.1 Å². The van der Waals surface area contributed by atoms with E-state index in [-0.39, 0.29) is 5.41 Å². The minimum atomic E-state index is -0.0408. The molecule has 11 rings (SSSR count). The average molecular weight is 677 g/mol. The molecule has 0 fully saturated rings. The molecule has 0 bridgehead atoms. The molecule has 2 aromatic heterocycles. The molecule has 2 heterocycles. The minimum Gasteiger partial charge on any atom is -0.309 e. The third kappa shape index (κ3) is 4.39. The summed E-state index contributed by atoms with van der Waals surface area (Å²) in [5, 5.41) is 5.01. The molecular weight excluding hydrogens is 641 g/mol. The summed E-state index contributed by atoms with van der Waals surface area (Å²) < 4.78 is 4.89. The van der Waals surface area contributed by atoms with Gasteiger partial charge in [0.05, 0.1) is 22.1 Å². The highest BCUT2D eigenvalue weighted by Gasteiger charge is 2.35. The highest BCUT2D eigenvalue weighted by Crippen LogP contribution is 2.49. The van der Waals surface area contributed by atoms with Gasteiger partial charge in [0.2, 0.25) is 0 Å². The molecule has 0 aliphatic heterocycles. The molecule has 0 atom stereocenters. The van der Waals surface area contributed by atoms with E-state index < -0.39 is 0 Å². The maximum absolute atomic E-state index is 2.46. The van der Waals surface area contributed by atoms with Crippen LogP contribution in [0.3, 0.4) is 0 Å². The van der Waals surface area contributed by atoms with Crippen molar-refractivity contribution in [1.82, 2.24) is 9.13 Å². The molecular formula is C51H36N2. The predicted molar refractivity (Wildman–Crippen MR) is 224 cm³/mol. The first-order valence-electron chi connectivity index (χ1n) is 18.5. The minimum absolute atomic E-state index is 0.0408. The zero-order chi connectivity index (χ0) is 35.3. The molecule has 1 aliphatic carbocycles. The van der Waals surface area contributed by atoms with Gasteiger partial charge in [-0.05, 0) is 99.1 Å². The first-order valence-corrected chi connectivity index (χ1v) is 18.5. The average Bonchev–Trinajstić information content (AvgIpc) is 3.80. The summed E-state index contributed by atoms with van der Waals surface area (Å²) in [7, 11) is 0. The molecule has 1 aliphatic rings. The van der Waals surface area contributed by atoms with E-state index in [9.17, 15) is 0 Å². The van der Waals surface area contributed by atoms with Gasteiger partial charge in [-0.3, -0.25) is 0 Å². The van der Waals surface area contributed by atoms with Crippen LogP contribution in [-0.2, 0) is 5.41 Å². The van der Waals surface area contributed by atoms with Crippen molar-refractivity contribution in [1.29, 1.82) is 0 Å². The summed E-state index contributed by atoms with van der Waals surface area (Å²) in [6, 6.07) is 67.1. The van der Waals surface area contributed by atoms with Gasteiger partial charge in [-0.2, -0.15) is 0 Å². The van der Waals surface area contributed by atoms with Crippen molar-refractivity contribution >= 4 is 43.6 Å². The third-order valence-corrected chi connectivity index (χ3v) is 11.7. The SMILES string of the molecule is CC1(C)c2ccccc2-c2ccc(-c3cccc(-n4c5ccccc5c5cc6c(cc54)c4ccccc4n6-c4ccc(-c5ccccc5)cc4)c3)cc21. The van der Waals surface area contributed by atoms with E-state index >= 15 is 0 Å². The monoisotopic (exact) mass is 676 g/mol. The molecule has 8 aromatic carbocycles. The van der Waals surface area contributed by atoms with Crippen LogP contribution >= 0.6 is 0 Å². The van der Waals surface area contributed by atoms with E-state index in [1.54, 1.807) is 0 Å². The summed E-state index contributed by atoms with van der Waals surface area (Å²) in [5.41, 5.74) is 17.5. The Bertz CT molecular complexity index is 3060. The molecule has 0 N–H and O–H groups in total. The fraction of sp³-hybridized carbons (Fsp3) is 0.0588. The second kappa shape index (κ2) is 11.2. The number of rotatable bonds is 4.